The summed E-state index contributed by atoms with van der Waals surface area (Å²) in [5.41, 5.74) is 0.434. The third kappa shape index (κ3) is 3.94. The molecule has 3 heteroatoms. The Morgan fingerprint density at radius 1 is 1.12 bits per heavy atom. The molecule has 0 aromatic carbocycles. The van der Waals surface area contributed by atoms with Crippen LogP contribution >= 0.6 is 0 Å². The van der Waals surface area contributed by atoms with E-state index in [1.165, 1.54) is 12.8 Å². The average Bonchev–Trinajstić information content (AvgIpc) is 2.26. The van der Waals surface area contributed by atoms with Crippen LogP contribution in [0.4, 0.5) is 0 Å². The Kier molecular flexibility index (Phi) is 4.45. The second-order valence-corrected chi connectivity index (χ2v) is 6.23. The fraction of sp³-hybridized carbons (Fsp3) is 1.00. The minimum Gasteiger partial charge on any atom is -0.381 e. The van der Waals surface area contributed by atoms with E-state index < -0.39 is 0 Å². The summed E-state index contributed by atoms with van der Waals surface area (Å²) < 4.78 is 11.2. The summed E-state index contributed by atoms with van der Waals surface area (Å²) in [6.07, 6.45) is 5.48. The summed E-state index contributed by atoms with van der Waals surface area (Å²) >= 11 is 0. The number of hydrogen-bond acceptors (Lipinski definition) is 3. The van der Waals surface area contributed by atoms with Gasteiger partial charge in [-0.25, -0.2) is 0 Å². The maximum Gasteiger partial charge on any atom is 0.0565 e. The number of rotatable bonds is 3. The summed E-state index contributed by atoms with van der Waals surface area (Å²) in [7, 11) is 0. The van der Waals surface area contributed by atoms with Gasteiger partial charge in [0.2, 0.25) is 0 Å². The lowest BCUT2D eigenvalue weighted by atomic mass is 9.82. The Morgan fingerprint density at radius 2 is 1.71 bits per heavy atom. The van der Waals surface area contributed by atoms with Crippen molar-refractivity contribution in [2.45, 2.75) is 64.7 Å². The largest absolute Gasteiger partial charge is 0.381 e. The predicted molar refractivity (Wildman–Crippen MR) is 69.2 cm³/mol. The van der Waals surface area contributed by atoms with Crippen LogP contribution in [0.25, 0.3) is 0 Å². The van der Waals surface area contributed by atoms with Gasteiger partial charge < -0.3 is 14.8 Å². The van der Waals surface area contributed by atoms with Gasteiger partial charge in [0.15, 0.2) is 0 Å². The molecule has 0 radical (unpaired) electrons. The second-order valence-electron chi connectivity index (χ2n) is 6.23. The number of ether oxygens (including phenoxy) is 2. The fourth-order valence-electron chi connectivity index (χ4n) is 3.00. The number of hydrogen-bond donors (Lipinski definition) is 1. The first-order valence-electron chi connectivity index (χ1n) is 7.04. The van der Waals surface area contributed by atoms with Crippen molar-refractivity contribution in [3.05, 3.63) is 0 Å². The summed E-state index contributed by atoms with van der Waals surface area (Å²) in [5.74, 6) is 0. The molecule has 0 amide bonds. The molecule has 2 heterocycles. The van der Waals surface area contributed by atoms with Crippen molar-refractivity contribution >= 4 is 0 Å². The molecule has 17 heavy (non-hydrogen) atoms. The van der Waals surface area contributed by atoms with Gasteiger partial charge in [0, 0.05) is 25.8 Å². The highest BCUT2D eigenvalue weighted by Crippen LogP contribution is 2.29. The van der Waals surface area contributed by atoms with Gasteiger partial charge in [0.1, 0.15) is 0 Å². The van der Waals surface area contributed by atoms with Gasteiger partial charge in [-0.3, -0.25) is 0 Å². The molecule has 2 saturated heterocycles. The topological polar surface area (TPSA) is 30.5 Å². The predicted octanol–water partition coefficient (Wildman–Crippen LogP) is 2.35. The molecule has 0 aromatic rings. The molecule has 2 aliphatic heterocycles. The highest BCUT2D eigenvalue weighted by atomic mass is 16.5. The van der Waals surface area contributed by atoms with Gasteiger partial charge >= 0.3 is 0 Å². The molecule has 1 N–H and O–H groups in total. The van der Waals surface area contributed by atoms with E-state index in [9.17, 15) is 0 Å². The van der Waals surface area contributed by atoms with Crippen LogP contribution in [-0.4, -0.2) is 38.0 Å². The monoisotopic (exact) mass is 241 g/mol. The molecule has 0 spiro atoms. The first-order chi connectivity index (χ1) is 8.07. The van der Waals surface area contributed by atoms with Crippen molar-refractivity contribution in [3.63, 3.8) is 0 Å². The molecule has 3 nitrogen and oxygen atoms in total. The maximum atomic E-state index is 5.77. The Bertz CT molecular complexity index is 228. The Labute approximate surface area is 105 Å². The van der Waals surface area contributed by atoms with E-state index in [4.69, 9.17) is 9.47 Å². The zero-order valence-corrected chi connectivity index (χ0v) is 11.5. The van der Waals surface area contributed by atoms with Gasteiger partial charge in [-0.15, -0.1) is 0 Å². The molecule has 0 aromatic heterocycles. The lowest BCUT2D eigenvalue weighted by molar-refractivity contribution is -0.0454. The van der Waals surface area contributed by atoms with E-state index in [1.54, 1.807) is 0 Å². The van der Waals surface area contributed by atoms with Crippen LogP contribution < -0.4 is 5.32 Å². The molecule has 0 bridgehead atoms. The van der Waals surface area contributed by atoms with Crippen LogP contribution in [0.2, 0.25) is 0 Å². The summed E-state index contributed by atoms with van der Waals surface area (Å²) in [4.78, 5) is 0. The van der Waals surface area contributed by atoms with Gasteiger partial charge in [0.25, 0.3) is 0 Å². The van der Waals surface area contributed by atoms with Crippen LogP contribution in [-0.2, 0) is 9.47 Å². The van der Waals surface area contributed by atoms with E-state index in [2.05, 4.69) is 26.1 Å². The Balaban J connectivity index is 1.76. The van der Waals surface area contributed by atoms with Crippen LogP contribution in [0.15, 0.2) is 0 Å². The standard InChI is InChI=1S/C14H27NO2/c1-11-8-13(9-12(2)17-11)15-10-14(3)4-6-16-7-5-14/h11-13,15H,4-10H2,1-3H3. The van der Waals surface area contributed by atoms with Gasteiger partial charge in [-0.2, -0.15) is 0 Å². The van der Waals surface area contributed by atoms with E-state index in [0.717, 1.165) is 32.6 Å². The van der Waals surface area contributed by atoms with Gasteiger partial charge in [-0.1, -0.05) is 6.92 Å². The first-order valence-corrected chi connectivity index (χ1v) is 7.04. The Hall–Kier alpha value is -0.120. The third-order valence-electron chi connectivity index (χ3n) is 4.21. The van der Waals surface area contributed by atoms with Crippen molar-refractivity contribution in [1.29, 1.82) is 0 Å². The van der Waals surface area contributed by atoms with Crippen molar-refractivity contribution in [1.82, 2.24) is 5.32 Å². The van der Waals surface area contributed by atoms with E-state index in [-0.39, 0.29) is 0 Å². The van der Waals surface area contributed by atoms with Crippen LogP contribution in [0.1, 0.15) is 46.5 Å². The maximum absolute atomic E-state index is 5.77. The van der Waals surface area contributed by atoms with E-state index in [1.807, 2.05) is 0 Å². The van der Waals surface area contributed by atoms with Gasteiger partial charge in [-0.05, 0) is 44.9 Å². The minimum absolute atomic E-state index is 0.402. The fourth-order valence-corrected chi connectivity index (χ4v) is 3.00. The highest BCUT2D eigenvalue weighted by molar-refractivity contribution is 4.84. The lowest BCUT2D eigenvalue weighted by Gasteiger charge is -2.38. The lowest BCUT2D eigenvalue weighted by Crippen LogP contribution is -2.46. The molecule has 2 fully saturated rings. The zero-order valence-electron chi connectivity index (χ0n) is 11.5. The van der Waals surface area contributed by atoms with Crippen LogP contribution in [0.3, 0.4) is 0 Å². The Morgan fingerprint density at radius 3 is 2.29 bits per heavy atom. The molecule has 2 unspecified atom stereocenters. The van der Waals surface area contributed by atoms with Crippen molar-refractivity contribution in [2.75, 3.05) is 19.8 Å². The smallest absolute Gasteiger partial charge is 0.0565 e. The number of nitrogens with one attached hydrogen (secondary N) is 1. The van der Waals surface area contributed by atoms with Crippen molar-refractivity contribution < 1.29 is 9.47 Å². The molecule has 0 saturated carbocycles. The summed E-state index contributed by atoms with van der Waals surface area (Å²) in [6, 6.07) is 0.633. The average molecular weight is 241 g/mol. The van der Waals surface area contributed by atoms with Crippen molar-refractivity contribution in [2.24, 2.45) is 5.41 Å². The molecule has 2 atom stereocenters. The second kappa shape index (κ2) is 5.68. The van der Waals surface area contributed by atoms with Crippen molar-refractivity contribution in [3.8, 4) is 0 Å². The highest BCUT2D eigenvalue weighted by Gasteiger charge is 2.30. The van der Waals surface area contributed by atoms with Gasteiger partial charge in [0.05, 0.1) is 12.2 Å². The molecular weight excluding hydrogens is 214 g/mol. The van der Waals surface area contributed by atoms with E-state index >= 15 is 0 Å². The minimum atomic E-state index is 0.402. The van der Waals surface area contributed by atoms with E-state index in [0.29, 0.717) is 23.7 Å². The quantitative estimate of drug-likeness (QED) is 0.822. The zero-order chi connectivity index (χ0) is 12.3. The molecule has 0 aliphatic carbocycles. The normalized spacial score (nSPS) is 37.9. The summed E-state index contributed by atoms with van der Waals surface area (Å²) in [5, 5.41) is 3.76. The molecular formula is C14H27NO2. The molecule has 100 valence electrons. The SMILES string of the molecule is CC1CC(NCC2(C)CCOCC2)CC(C)O1. The molecule has 2 rings (SSSR count). The first kappa shape index (κ1) is 13.3. The summed E-state index contributed by atoms with van der Waals surface area (Å²) in [6.45, 7) is 9.73. The van der Waals surface area contributed by atoms with Crippen LogP contribution in [0.5, 0.6) is 0 Å². The molecule has 2 aliphatic rings. The third-order valence-corrected chi connectivity index (χ3v) is 4.21. The van der Waals surface area contributed by atoms with Crippen LogP contribution in [0, 0.1) is 5.41 Å².